The second-order valence-electron chi connectivity index (χ2n) is 5.18. The lowest BCUT2D eigenvalue weighted by molar-refractivity contribution is -0.384. The number of aryl methyl sites for hydroxylation is 1. The van der Waals surface area contributed by atoms with Crippen molar-refractivity contribution in [2.24, 2.45) is 7.05 Å². The van der Waals surface area contributed by atoms with Gasteiger partial charge < -0.3 is 9.88 Å². The van der Waals surface area contributed by atoms with Gasteiger partial charge in [0.05, 0.1) is 10.4 Å². The van der Waals surface area contributed by atoms with Crippen LogP contribution in [0, 0.1) is 10.1 Å². The van der Waals surface area contributed by atoms with Crippen molar-refractivity contribution in [2.75, 3.05) is 13.1 Å². The highest BCUT2D eigenvalue weighted by molar-refractivity contribution is 5.86. The molecule has 0 radical (unpaired) electrons. The van der Waals surface area contributed by atoms with E-state index in [-0.39, 0.29) is 10.6 Å². The lowest BCUT2D eigenvalue weighted by atomic mass is 9.90. The van der Waals surface area contributed by atoms with Crippen LogP contribution in [0.5, 0.6) is 0 Å². The summed E-state index contributed by atoms with van der Waals surface area (Å²) in [6.07, 6.45) is 4.40. The standard InChI is InChI=1S/C14H17N3O2/c1-16-9-13(10-4-6-15-7-5-10)12-3-2-11(17(18)19)8-14(12)16/h2-3,8-10,15H,4-7H2,1H3. The summed E-state index contributed by atoms with van der Waals surface area (Å²) in [5.74, 6) is 0.561. The van der Waals surface area contributed by atoms with Gasteiger partial charge in [0.15, 0.2) is 0 Å². The fourth-order valence-corrected chi connectivity index (χ4v) is 2.98. The van der Waals surface area contributed by atoms with Crippen LogP contribution in [-0.2, 0) is 7.05 Å². The lowest BCUT2D eigenvalue weighted by Gasteiger charge is -2.22. The highest BCUT2D eigenvalue weighted by Gasteiger charge is 2.20. The Labute approximate surface area is 111 Å². The number of aromatic nitrogens is 1. The van der Waals surface area contributed by atoms with Gasteiger partial charge in [-0.2, -0.15) is 0 Å². The van der Waals surface area contributed by atoms with Crippen LogP contribution in [0.3, 0.4) is 0 Å². The maximum Gasteiger partial charge on any atom is 0.271 e. The number of rotatable bonds is 2. The summed E-state index contributed by atoms with van der Waals surface area (Å²) in [6, 6.07) is 5.16. The molecule has 0 spiro atoms. The van der Waals surface area contributed by atoms with Gasteiger partial charge in [0, 0.05) is 30.8 Å². The minimum Gasteiger partial charge on any atom is -0.350 e. The summed E-state index contributed by atoms with van der Waals surface area (Å²) in [5, 5.41) is 15.4. The van der Waals surface area contributed by atoms with Crippen LogP contribution in [0.1, 0.15) is 24.3 Å². The Morgan fingerprint density at radius 3 is 2.79 bits per heavy atom. The quantitative estimate of drug-likeness (QED) is 0.666. The van der Waals surface area contributed by atoms with Crippen LogP contribution in [0.4, 0.5) is 5.69 Å². The van der Waals surface area contributed by atoms with Crippen LogP contribution >= 0.6 is 0 Å². The highest BCUT2D eigenvalue weighted by atomic mass is 16.6. The van der Waals surface area contributed by atoms with E-state index in [1.165, 1.54) is 5.56 Å². The van der Waals surface area contributed by atoms with Gasteiger partial charge in [-0.1, -0.05) is 0 Å². The average Bonchev–Trinajstić information content (AvgIpc) is 2.77. The van der Waals surface area contributed by atoms with Crippen molar-refractivity contribution in [3.8, 4) is 0 Å². The molecule has 2 aromatic rings. The molecule has 0 bridgehead atoms. The third-order valence-corrected chi connectivity index (χ3v) is 3.99. The number of nitrogens with one attached hydrogen (secondary N) is 1. The smallest absolute Gasteiger partial charge is 0.271 e. The van der Waals surface area contributed by atoms with Gasteiger partial charge in [-0.05, 0) is 43.5 Å². The number of nitro groups is 1. The summed E-state index contributed by atoms with van der Waals surface area (Å²) in [6.45, 7) is 2.10. The van der Waals surface area contributed by atoms with Crippen LogP contribution in [0.25, 0.3) is 10.9 Å². The van der Waals surface area contributed by atoms with Gasteiger partial charge >= 0.3 is 0 Å². The third-order valence-electron chi connectivity index (χ3n) is 3.99. The van der Waals surface area contributed by atoms with Crippen molar-refractivity contribution in [1.82, 2.24) is 9.88 Å². The Balaban J connectivity index is 2.08. The minimum absolute atomic E-state index is 0.158. The van der Waals surface area contributed by atoms with E-state index in [1.54, 1.807) is 12.1 Å². The highest BCUT2D eigenvalue weighted by Crippen LogP contribution is 2.33. The molecule has 1 saturated heterocycles. The van der Waals surface area contributed by atoms with Crippen LogP contribution < -0.4 is 5.32 Å². The molecule has 5 heteroatoms. The Morgan fingerprint density at radius 2 is 2.11 bits per heavy atom. The van der Waals surface area contributed by atoms with Gasteiger partial charge in [0.25, 0.3) is 5.69 Å². The molecule has 5 nitrogen and oxygen atoms in total. The van der Waals surface area contributed by atoms with Crippen molar-refractivity contribution >= 4 is 16.6 Å². The maximum absolute atomic E-state index is 10.9. The summed E-state index contributed by atoms with van der Waals surface area (Å²) < 4.78 is 2.00. The molecule has 1 aliphatic heterocycles. The Hall–Kier alpha value is -1.88. The topological polar surface area (TPSA) is 60.1 Å². The largest absolute Gasteiger partial charge is 0.350 e. The molecule has 1 aromatic carbocycles. The SMILES string of the molecule is Cn1cc(C2CCNCC2)c2ccc([N+](=O)[O-])cc21. The summed E-state index contributed by atoms with van der Waals surface area (Å²) in [4.78, 5) is 10.5. The van der Waals surface area contributed by atoms with Gasteiger partial charge in [-0.3, -0.25) is 10.1 Å². The van der Waals surface area contributed by atoms with E-state index in [4.69, 9.17) is 0 Å². The van der Waals surface area contributed by atoms with Gasteiger partial charge in [-0.25, -0.2) is 0 Å². The zero-order valence-electron chi connectivity index (χ0n) is 10.9. The molecular formula is C14H17N3O2. The van der Waals surface area contributed by atoms with Crippen LogP contribution in [0.2, 0.25) is 0 Å². The van der Waals surface area contributed by atoms with Gasteiger partial charge in [-0.15, -0.1) is 0 Å². The molecular weight excluding hydrogens is 242 g/mol. The van der Waals surface area contributed by atoms with Crippen molar-refractivity contribution in [1.29, 1.82) is 0 Å². The Morgan fingerprint density at radius 1 is 1.37 bits per heavy atom. The molecule has 1 aromatic heterocycles. The fourth-order valence-electron chi connectivity index (χ4n) is 2.98. The molecule has 0 atom stereocenters. The zero-order chi connectivity index (χ0) is 13.4. The molecule has 1 aliphatic rings. The summed E-state index contributed by atoms with van der Waals surface area (Å²) in [5.41, 5.74) is 2.43. The van der Waals surface area contributed by atoms with Crippen LogP contribution in [-0.4, -0.2) is 22.6 Å². The Bertz CT molecular complexity index is 627. The number of nitro benzene ring substituents is 1. The van der Waals surface area contributed by atoms with E-state index in [9.17, 15) is 10.1 Å². The van der Waals surface area contributed by atoms with E-state index in [0.717, 1.165) is 36.8 Å². The monoisotopic (exact) mass is 259 g/mol. The number of piperidine rings is 1. The third kappa shape index (κ3) is 2.10. The van der Waals surface area contributed by atoms with Gasteiger partial charge in [0.2, 0.25) is 0 Å². The number of hydrogen-bond acceptors (Lipinski definition) is 3. The first-order valence-electron chi connectivity index (χ1n) is 6.61. The number of non-ortho nitro benzene ring substituents is 1. The number of nitrogens with zero attached hydrogens (tertiary/aromatic N) is 2. The first-order valence-corrected chi connectivity index (χ1v) is 6.61. The van der Waals surface area contributed by atoms with E-state index in [0.29, 0.717) is 5.92 Å². The number of fused-ring (bicyclic) bond motifs is 1. The Kier molecular flexibility index (Phi) is 2.98. The average molecular weight is 259 g/mol. The molecule has 0 amide bonds. The second-order valence-corrected chi connectivity index (χ2v) is 5.18. The van der Waals surface area contributed by atoms with Crippen molar-refractivity contribution < 1.29 is 4.92 Å². The van der Waals surface area contributed by atoms with Gasteiger partial charge in [0.1, 0.15) is 0 Å². The molecule has 3 rings (SSSR count). The summed E-state index contributed by atoms with van der Waals surface area (Å²) >= 11 is 0. The predicted molar refractivity (Wildman–Crippen MR) is 74.4 cm³/mol. The predicted octanol–water partition coefficient (Wildman–Crippen LogP) is 2.55. The number of benzene rings is 1. The van der Waals surface area contributed by atoms with Crippen molar-refractivity contribution in [3.63, 3.8) is 0 Å². The van der Waals surface area contributed by atoms with Crippen LogP contribution in [0.15, 0.2) is 24.4 Å². The second kappa shape index (κ2) is 4.66. The normalized spacial score (nSPS) is 16.9. The minimum atomic E-state index is -0.337. The molecule has 0 aliphatic carbocycles. The zero-order valence-corrected chi connectivity index (χ0v) is 10.9. The molecule has 100 valence electrons. The number of hydrogen-bond donors (Lipinski definition) is 1. The van der Waals surface area contributed by atoms with E-state index < -0.39 is 0 Å². The fraction of sp³-hybridized carbons (Fsp3) is 0.429. The molecule has 1 fully saturated rings. The van der Waals surface area contributed by atoms with E-state index in [1.807, 2.05) is 17.7 Å². The molecule has 0 unspecified atom stereocenters. The van der Waals surface area contributed by atoms with Crippen molar-refractivity contribution in [3.05, 3.63) is 40.1 Å². The first kappa shape index (κ1) is 12.2. The van der Waals surface area contributed by atoms with E-state index in [2.05, 4.69) is 11.5 Å². The molecule has 1 N–H and O–H groups in total. The lowest BCUT2D eigenvalue weighted by Crippen LogP contribution is -2.26. The van der Waals surface area contributed by atoms with E-state index >= 15 is 0 Å². The molecule has 2 heterocycles. The summed E-state index contributed by atoms with van der Waals surface area (Å²) in [7, 11) is 1.95. The molecule has 0 saturated carbocycles. The first-order chi connectivity index (χ1) is 9.16. The van der Waals surface area contributed by atoms with Crippen molar-refractivity contribution in [2.45, 2.75) is 18.8 Å². The molecule has 19 heavy (non-hydrogen) atoms. The maximum atomic E-state index is 10.9.